The molecule has 0 spiro atoms. The smallest absolute Gasteiger partial charge is 0.332 e. The molecular weight excluding hydrogens is 382 g/mol. The van der Waals surface area contributed by atoms with E-state index in [0.717, 1.165) is 23.0 Å². The molecule has 0 saturated carbocycles. The summed E-state index contributed by atoms with van der Waals surface area (Å²) in [5, 5.41) is 2.98. The highest BCUT2D eigenvalue weighted by Crippen LogP contribution is 2.19. The average Bonchev–Trinajstić information content (AvgIpc) is 3.01. The van der Waals surface area contributed by atoms with Crippen LogP contribution < -0.4 is 16.6 Å². The van der Waals surface area contributed by atoms with Crippen molar-refractivity contribution < 1.29 is 4.79 Å². The number of nitrogens with one attached hydrogen (secondary N) is 1. The van der Waals surface area contributed by atoms with Crippen molar-refractivity contribution in [1.29, 1.82) is 0 Å². The van der Waals surface area contributed by atoms with Gasteiger partial charge in [0, 0.05) is 14.1 Å². The Balaban J connectivity index is 1.94. The number of fused-ring (bicyclic) bond motifs is 1. The Bertz CT molecular complexity index is 1130. The molecule has 0 aliphatic heterocycles. The van der Waals surface area contributed by atoms with Crippen LogP contribution in [0.15, 0.2) is 39.9 Å². The van der Waals surface area contributed by atoms with Crippen LogP contribution in [0.25, 0.3) is 11.2 Å². The number of rotatable bonds is 6. The Morgan fingerprint density at radius 1 is 1.18 bits per heavy atom. The first-order valence-electron chi connectivity index (χ1n) is 9.01. The van der Waals surface area contributed by atoms with Gasteiger partial charge in [0.1, 0.15) is 6.54 Å². The second-order valence-corrected chi connectivity index (χ2v) is 7.00. The van der Waals surface area contributed by atoms with Gasteiger partial charge in [-0.1, -0.05) is 43.7 Å². The Labute approximate surface area is 166 Å². The largest absolute Gasteiger partial charge is 0.348 e. The Hall–Kier alpha value is -2.87. The second kappa shape index (κ2) is 8.02. The molecule has 3 aromatic rings. The number of amides is 1. The van der Waals surface area contributed by atoms with Gasteiger partial charge in [-0.15, -0.1) is 0 Å². The van der Waals surface area contributed by atoms with Crippen LogP contribution in [0.3, 0.4) is 0 Å². The van der Waals surface area contributed by atoms with E-state index in [9.17, 15) is 14.4 Å². The van der Waals surface area contributed by atoms with Crippen molar-refractivity contribution in [2.75, 3.05) is 0 Å². The van der Waals surface area contributed by atoms with Gasteiger partial charge >= 0.3 is 5.69 Å². The SMILES string of the molecule is CCC[C@@H](NC(=O)Cn1c(Cl)nc2c1c(=O)n(C)c(=O)n2C)c1ccccc1. The molecule has 0 radical (unpaired) electrons. The molecule has 9 heteroatoms. The molecular formula is C19H22ClN5O3. The maximum absolute atomic E-state index is 12.7. The minimum atomic E-state index is -0.543. The number of carbonyl (C=O) groups excluding carboxylic acids is 1. The van der Waals surface area contributed by atoms with Crippen LogP contribution in [0.4, 0.5) is 0 Å². The molecule has 1 amide bonds. The third kappa shape index (κ3) is 3.60. The predicted molar refractivity (Wildman–Crippen MR) is 107 cm³/mol. The summed E-state index contributed by atoms with van der Waals surface area (Å²) in [6, 6.07) is 9.56. The Kier molecular flexibility index (Phi) is 5.69. The summed E-state index contributed by atoms with van der Waals surface area (Å²) < 4.78 is 3.54. The zero-order valence-corrected chi connectivity index (χ0v) is 16.7. The number of halogens is 1. The first-order valence-corrected chi connectivity index (χ1v) is 9.39. The summed E-state index contributed by atoms with van der Waals surface area (Å²) in [6.45, 7) is 1.88. The van der Waals surface area contributed by atoms with E-state index in [1.165, 1.54) is 23.2 Å². The van der Waals surface area contributed by atoms with E-state index >= 15 is 0 Å². The molecule has 28 heavy (non-hydrogen) atoms. The van der Waals surface area contributed by atoms with Crippen LogP contribution in [-0.4, -0.2) is 24.6 Å². The van der Waals surface area contributed by atoms with E-state index in [-0.39, 0.29) is 34.9 Å². The topological polar surface area (TPSA) is 90.9 Å². The molecule has 148 valence electrons. The van der Waals surface area contributed by atoms with E-state index in [4.69, 9.17) is 11.6 Å². The van der Waals surface area contributed by atoms with Gasteiger partial charge < -0.3 is 5.32 Å². The van der Waals surface area contributed by atoms with Gasteiger partial charge in [-0.2, -0.15) is 4.98 Å². The van der Waals surface area contributed by atoms with Crippen molar-refractivity contribution in [3.05, 3.63) is 62.0 Å². The summed E-state index contributed by atoms with van der Waals surface area (Å²) in [4.78, 5) is 41.5. The summed E-state index contributed by atoms with van der Waals surface area (Å²) in [5.74, 6) is -0.292. The van der Waals surface area contributed by atoms with Crippen molar-refractivity contribution in [2.45, 2.75) is 32.4 Å². The highest BCUT2D eigenvalue weighted by Gasteiger charge is 2.21. The predicted octanol–water partition coefficient (Wildman–Crippen LogP) is 1.74. The van der Waals surface area contributed by atoms with E-state index in [2.05, 4.69) is 10.3 Å². The fourth-order valence-corrected chi connectivity index (χ4v) is 3.47. The maximum Gasteiger partial charge on any atom is 0.332 e. The molecule has 0 aliphatic rings. The van der Waals surface area contributed by atoms with Crippen LogP contribution in [0.5, 0.6) is 0 Å². The van der Waals surface area contributed by atoms with Gasteiger partial charge in [0.2, 0.25) is 11.2 Å². The van der Waals surface area contributed by atoms with Gasteiger partial charge in [0.15, 0.2) is 11.2 Å². The van der Waals surface area contributed by atoms with E-state index in [1.54, 1.807) is 0 Å². The van der Waals surface area contributed by atoms with Crippen molar-refractivity contribution >= 4 is 28.7 Å². The van der Waals surface area contributed by atoms with E-state index in [0.29, 0.717) is 0 Å². The minimum Gasteiger partial charge on any atom is -0.348 e. The number of nitrogens with zero attached hydrogens (tertiary/aromatic N) is 4. The lowest BCUT2D eigenvalue weighted by Gasteiger charge is -2.19. The molecule has 0 unspecified atom stereocenters. The van der Waals surface area contributed by atoms with Gasteiger partial charge in [-0.3, -0.25) is 23.3 Å². The van der Waals surface area contributed by atoms with Gasteiger partial charge in [-0.25, -0.2) is 4.79 Å². The zero-order chi connectivity index (χ0) is 20.4. The van der Waals surface area contributed by atoms with Crippen molar-refractivity contribution in [3.8, 4) is 0 Å². The zero-order valence-electron chi connectivity index (χ0n) is 16.0. The van der Waals surface area contributed by atoms with E-state index in [1.807, 2.05) is 37.3 Å². The van der Waals surface area contributed by atoms with Gasteiger partial charge in [0.25, 0.3) is 5.56 Å². The number of hydrogen-bond donors (Lipinski definition) is 1. The second-order valence-electron chi connectivity index (χ2n) is 6.66. The molecule has 8 nitrogen and oxygen atoms in total. The van der Waals surface area contributed by atoms with E-state index < -0.39 is 11.2 Å². The average molecular weight is 404 g/mol. The number of aromatic nitrogens is 4. The number of hydrogen-bond acceptors (Lipinski definition) is 4. The highest BCUT2D eigenvalue weighted by molar-refractivity contribution is 6.29. The first-order chi connectivity index (χ1) is 13.3. The van der Waals surface area contributed by atoms with Crippen molar-refractivity contribution in [1.82, 2.24) is 24.0 Å². The Morgan fingerprint density at radius 2 is 1.86 bits per heavy atom. The standard InChI is InChI=1S/C19H22ClN5O3/c1-4-8-13(12-9-6-5-7-10-12)21-14(26)11-25-15-16(22-18(25)20)23(2)19(28)24(3)17(15)27/h5-7,9-10,13H,4,8,11H2,1-3H3,(H,21,26)/t13-/m1/s1. The molecule has 1 aromatic carbocycles. The minimum absolute atomic E-state index is 0.0183. The summed E-state index contributed by atoms with van der Waals surface area (Å²) >= 11 is 6.18. The molecule has 1 atom stereocenters. The third-order valence-electron chi connectivity index (χ3n) is 4.72. The number of carbonyl (C=O) groups is 1. The fourth-order valence-electron chi connectivity index (χ4n) is 3.24. The lowest BCUT2D eigenvalue weighted by Crippen LogP contribution is -2.38. The third-order valence-corrected chi connectivity index (χ3v) is 5.01. The molecule has 2 aromatic heterocycles. The van der Waals surface area contributed by atoms with Crippen LogP contribution in [0.1, 0.15) is 31.4 Å². The lowest BCUT2D eigenvalue weighted by molar-refractivity contribution is -0.122. The summed E-state index contributed by atoms with van der Waals surface area (Å²) in [6.07, 6.45) is 1.68. The molecule has 2 heterocycles. The van der Waals surface area contributed by atoms with Gasteiger partial charge in [0.05, 0.1) is 6.04 Å². The highest BCUT2D eigenvalue weighted by atomic mass is 35.5. The number of aryl methyl sites for hydroxylation is 1. The van der Waals surface area contributed by atoms with Crippen LogP contribution in [-0.2, 0) is 25.4 Å². The molecule has 0 saturated heterocycles. The molecule has 0 aliphatic carbocycles. The molecule has 3 rings (SSSR count). The Morgan fingerprint density at radius 3 is 2.50 bits per heavy atom. The monoisotopic (exact) mass is 403 g/mol. The van der Waals surface area contributed by atoms with Crippen LogP contribution in [0.2, 0.25) is 5.28 Å². The van der Waals surface area contributed by atoms with Crippen molar-refractivity contribution in [2.24, 2.45) is 14.1 Å². The number of benzene rings is 1. The van der Waals surface area contributed by atoms with Crippen LogP contribution >= 0.6 is 11.6 Å². The summed E-state index contributed by atoms with van der Waals surface area (Å²) in [5.41, 5.74) is 0.238. The lowest BCUT2D eigenvalue weighted by atomic mass is 10.0. The van der Waals surface area contributed by atoms with Gasteiger partial charge in [-0.05, 0) is 23.6 Å². The molecule has 0 bridgehead atoms. The normalized spacial score (nSPS) is 12.3. The van der Waals surface area contributed by atoms with Crippen molar-refractivity contribution in [3.63, 3.8) is 0 Å². The quantitative estimate of drug-likeness (QED) is 0.635. The summed E-state index contributed by atoms with van der Waals surface area (Å²) in [7, 11) is 2.88. The van der Waals surface area contributed by atoms with Crippen LogP contribution in [0, 0.1) is 0 Å². The first kappa shape index (κ1) is 19.9. The fraction of sp³-hybridized carbons (Fsp3) is 0.368. The molecule has 0 fully saturated rings. The maximum atomic E-state index is 12.7. The molecule has 1 N–H and O–H groups in total. The number of imidazole rings is 1.